The molecule has 3 N–H and O–H groups in total. The van der Waals surface area contributed by atoms with Gasteiger partial charge in [-0.2, -0.15) is 0 Å². The van der Waals surface area contributed by atoms with Crippen LogP contribution in [0.25, 0.3) is 0 Å². The molecule has 0 aliphatic carbocycles. The molecule has 0 radical (unpaired) electrons. The largest absolute Gasteiger partial charge is 0.393 e. The van der Waals surface area contributed by atoms with Gasteiger partial charge in [-0.25, -0.2) is 4.79 Å². The molecule has 1 unspecified atom stereocenters. The molecule has 1 heterocycles. The van der Waals surface area contributed by atoms with Crippen molar-refractivity contribution in [2.24, 2.45) is 0 Å². The zero-order chi connectivity index (χ0) is 13.4. The first-order chi connectivity index (χ1) is 8.61. The molecule has 0 saturated carbocycles. The zero-order valence-electron chi connectivity index (χ0n) is 11.6. The molecule has 0 bridgehead atoms. The smallest absolute Gasteiger partial charge is 0.315 e. The molecular weight excluding hydrogens is 230 g/mol. The summed E-state index contributed by atoms with van der Waals surface area (Å²) in [6.07, 6.45) is 3.50. The van der Waals surface area contributed by atoms with Gasteiger partial charge in [0.2, 0.25) is 0 Å². The highest BCUT2D eigenvalue weighted by atomic mass is 16.3. The van der Waals surface area contributed by atoms with Crippen molar-refractivity contribution in [2.75, 3.05) is 26.2 Å². The van der Waals surface area contributed by atoms with E-state index in [9.17, 15) is 4.79 Å². The third-order valence-electron chi connectivity index (χ3n) is 3.31. The van der Waals surface area contributed by atoms with Crippen molar-refractivity contribution in [3.63, 3.8) is 0 Å². The fourth-order valence-electron chi connectivity index (χ4n) is 2.25. The maximum Gasteiger partial charge on any atom is 0.315 e. The number of hydrogen-bond donors (Lipinski definition) is 3. The van der Waals surface area contributed by atoms with Gasteiger partial charge in [0.25, 0.3) is 0 Å². The number of aliphatic hydroxyl groups is 1. The average molecular weight is 257 g/mol. The van der Waals surface area contributed by atoms with E-state index in [-0.39, 0.29) is 12.1 Å². The number of carbonyl (C=O) groups excluding carboxylic acids is 1. The molecule has 0 spiro atoms. The third-order valence-corrected chi connectivity index (χ3v) is 3.31. The van der Waals surface area contributed by atoms with Gasteiger partial charge >= 0.3 is 6.03 Å². The molecule has 5 heteroatoms. The van der Waals surface area contributed by atoms with Crippen LogP contribution < -0.4 is 10.6 Å². The normalized spacial score (nSPS) is 19.5. The Hall–Kier alpha value is -0.810. The van der Waals surface area contributed by atoms with Gasteiger partial charge < -0.3 is 20.6 Å². The van der Waals surface area contributed by atoms with E-state index in [0.29, 0.717) is 19.0 Å². The molecule has 5 nitrogen and oxygen atoms in total. The monoisotopic (exact) mass is 257 g/mol. The summed E-state index contributed by atoms with van der Waals surface area (Å²) in [7, 11) is 0. The van der Waals surface area contributed by atoms with E-state index in [4.69, 9.17) is 5.11 Å². The minimum Gasteiger partial charge on any atom is -0.393 e. The van der Waals surface area contributed by atoms with Crippen LogP contribution in [0, 0.1) is 0 Å². The molecular formula is C13H27N3O2. The number of carbonyl (C=O) groups is 1. The highest BCUT2D eigenvalue weighted by Crippen LogP contribution is 2.10. The molecule has 1 fully saturated rings. The fourth-order valence-corrected chi connectivity index (χ4v) is 2.25. The fraction of sp³-hybridized carbons (Fsp3) is 0.923. The number of rotatable bonds is 6. The van der Waals surface area contributed by atoms with E-state index in [0.717, 1.165) is 32.5 Å². The van der Waals surface area contributed by atoms with Crippen LogP contribution in [-0.4, -0.2) is 54.4 Å². The second-order valence-corrected chi connectivity index (χ2v) is 5.15. The number of hydrogen-bond acceptors (Lipinski definition) is 3. The first-order valence-electron chi connectivity index (χ1n) is 7.06. The Morgan fingerprint density at radius 1 is 1.44 bits per heavy atom. The highest BCUT2D eigenvalue weighted by Gasteiger charge is 2.19. The van der Waals surface area contributed by atoms with E-state index < -0.39 is 0 Å². The summed E-state index contributed by atoms with van der Waals surface area (Å²) < 4.78 is 0. The molecule has 0 aromatic heterocycles. The summed E-state index contributed by atoms with van der Waals surface area (Å²) in [4.78, 5) is 14.0. The van der Waals surface area contributed by atoms with Crippen LogP contribution in [0.2, 0.25) is 0 Å². The zero-order valence-corrected chi connectivity index (χ0v) is 11.6. The lowest BCUT2D eigenvalue weighted by atomic mass is 10.1. The van der Waals surface area contributed by atoms with Crippen LogP contribution in [0.3, 0.4) is 0 Å². The lowest BCUT2D eigenvalue weighted by Gasteiger charge is -2.32. The highest BCUT2D eigenvalue weighted by molar-refractivity contribution is 5.74. The Morgan fingerprint density at radius 3 is 2.67 bits per heavy atom. The number of urea groups is 1. The van der Waals surface area contributed by atoms with Crippen molar-refractivity contribution < 1.29 is 9.90 Å². The van der Waals surface area contributed by atoms with E-state index in [1.165, 1.54) is 6.42 Å². The molecule has 1 rings (SSSR count). The van der Waals surface area contributed by atoms with E-state index in [1.807, 2.05) is 0 Å². The number of nitrogens with one attached hydrogen (secondary N) is 2. The Morgan fingerprint density at radius 2 is 2.11 bits per heavy atom. The standard InChI is InChI=1S/C13H27N3O2/c1-3-8-16-9-5-12(6-10-16)15-13(18)14-7-4-11(2)17/h11-12,17H,3-10H2,1-2H3,(H2,14,15,18). The lowest BCUT2D eigenvalue weighted by Crippen LogP contribution is -2.48. The third kappa shape index (κ3) is 6.21. The van der Waals surface area contributed by atoms with Gasteiger partial charge in [0.1, 0.15) is 0 Å². The van der Waals surface area contributed by atoms with Crippen LogP contribution >= 0.6 is 0 Å². The van der Waals surface area contributed by atoms with Gasteiger partial charge in [-0.15, -0.1) is 0 Å². The predicted octanol–water partition coefficient (Wildman–Crippen LogP) is 0.931. The van der Waals surface area contributed by atoms with Crippen molar-refractivity contribution in [1.82, 2.24) is 15.5 Å². The summed E-state index contributed by atoms with van der Waals surface area (Å²) in [6, 6.07) is 0.189. The summed E-state index contributed by atoms with van der Waals surface area (Å²) in [6.45, 7) is 7.76. The molecule has 0 aromatic rings. The van der Waals surface area contributed by atoms with Gasteiger partial charge in [-0.3, -0.25) is 0 Å². The first kappa shape index (κ1) is 15.2. The Balaban J connectivity index is 2.10. The molecule has 2 amide bonds. The molecule has 106 valence electrons. The quantitative estimate of drug-likeness (QED) is 0.663. The Labute approximate surface area is 110 Å². The topological polar surface area (TPSA) is 64.6 Å². The van der Waals surface area contributed by atoms with E-state index in [2.05, 4.69) is 22.5 Å². The van der Waals surface area contributed by atoms with E-state index in [1.54, 1.807) is 6.92 Å². The summed E-state index contributed by atoms with van der Waals surface area (Å²) in [5.74, 6) is 0. The average Bonchev–Trinajstić information content (AvgIpc) is 2.31. The van der Waals surface area contributed by atoms with Crippen LogP contribution in [0.1, 0.15) is 39.5 Å². The van der Waals surface area contributed by atoms with Crippen molar-refractivity contribution in [1.29, 1.82) is 0 Å². The number of aliphatic hydroxyl groups excluding tert-OH is 1. The van der Waals surface area contributed by atoms with Gasteiger partial charge in [0, 0.05) is 25.7 Å². The number of amides is 2. The van der Waals surface area contributed by atoms with Gasteiger partial charge in [-0.1, -0.05) is 6.92 Å². The molecule has 0 aromatic carbocycles. The summed E-state index contributed by atoms with van der Waals surface area (Å²) >= 11 is 0. The second kappa shape index (κ2) is 8.32. The first-order valence-corrected chi connectivity index (χ1v) is 7.06. The molecule has 18 heavy (non-hydrogen) atoms. The van der Waals surface area contributed by atoms with Crippen LogP contribution in [0.5, 0.6) is 0 Å². The minimum atomic E-state index is -0.359. The SMILES string of the molecule is CCCN1CCC(NC(=O)NCCC(C)O)CC1. The van der Waals surface area contributed by atoms with Crippen LogP contribution in [0.4, 0.5) is 4.79 Å². The maximum atomic E-state index is 11.6. The van der Waals surface area contributed by atoms with Crippen molar-refractivity contribution in [2.45, 2.75) is 51.7 Å². The van der Waals surface area contributed by atoms with E-state index >= 15 is 0 Å². The van der Waals surface area contributed by atoms with Crippen molar-refractivity contribution >= 4 is 6.03 Å². The number of piperidine rings is 1. The molecule has 1 aliphatic heterocycles. The predicted molar refractivity (Wildman–Crippen MR) is 72.6 cm³/mol. The lowest BCUT2D eigenvalue weighted by molar-refractivity contribution is 0.180. The van der Waals surface area contributed by atoms with Gasteiger partial charge in [0.15, 0.2) is 0 Å². The van der Waals surface area contributed by atoms with Gasteiger partial charge in [0.05, 0.1) is 6.10 Å². The maximum absolute atomic E-state index is 11.6. The molecule has 1 aliphatic rings. The number of likely N-dealkylation sites (tertiary alicyclic amines) is 1. The van der Waals surface area contributed by atoms with Crippen molar-refractivity contribution in [3.05, 3.63) is 0 Å². The number of nitrogens with zero attached hydrogens (tertiary/aromatic N) is 1. The van der Waals surface area contributed by atoms with Gasteiger partial charge in [-0.05, 0) is 39.2 Å². The Bertz CT molecular complexity index is 238. The second-order valence-electron chi connectivity index (χ2n) is 5.15. The molecule has 1 atom stereocenters. The van der Waals surface area contributed by atoms with Crippen molar-refractivity contribution in [3.8, 4) is 0 Å². The Kier molecular flexibility index (Phi) is 7.05. The summed E-state index contributed by atoms with van der Waals surface area (Å²) in [5, 5.41) is 14.9. The van der Waals surface area contributed by atoms with Crippen LogP contribution in [-0.2, 0) is 0 Å². The van der Waals surface area contributed by atoms with Crippen LogP contribution in [0.15, 0.2) is 0 Å². The summed E-state index contributed by atoms with van der Waals surface area (Å²) in [5.41, 5.74) is 0. The minimum absolute atomic E-state index is 0.107. The molecule has 1 saturated heterocycles.